The predicted molar refractivity (Wildman–Crippen MR) is 98.4 cm³/mol. The largest absolute Gasteiger partial charge is 0.360 e. The van der Waals surface area contributed by atoms with Gasteiger partial charge in [0.15, 0.2) is 0 Å². The molecule has 0 radical (unpaired) electrons. The molecule has 4 nitrogen and oxygen atoms in total. The lowest BCUT2D eigenvalue weighted by molar-refractivity contribution is 0.0944. The minimum atomic E-state index is -0.609. The van der Waals surface area contributed by atoms with E-state index < -0.39 is 5.41 Å². The monoisotopic (exact) mass is 370 g/mol. The molecule has 0 unspecified atom stereocenters. The molecule has 1 N–H and O–H groups in total. The Hall–Kier alpha value is -3.02. The van der Waals surface area contributed by atoms with E-state index in [0.717, 1.165) is 0 Å². The van der Waals surface area contributed by atoms with Crippen molar-refractivity contribution in [3.8, 4) is 11.3 Å². The fraction of sp³-hybridized carbons (Fsp3) is 0.238. The Kier molecular flexibility index (Phi) is 5.08. The summed E-state index contributed by atoms with van der Waals surface area (Å²) in [5.41, 5.74) is 1.11. The maximum atomic E-state index is 14.1. The van der Waals surface area contributed by atoms with Crippen LogP contribution in [0, 0.1) is 18.6 Å². The predicted octanol–water partition coefficient (Wildman–Crippen LogP) is 4.64. The van der Waals surface area contributed by atoms with Crippen molar-refractivity contribution in [3.63, 3.8) is 0 Å². The average Bonchev–Trinajstić information content (AvgIpc) is 3.02. The van der Waals surface area contributed by atoms with Crippen molar-refractivity contribution in [2.24, 2.45) is 0 Å². The van der Waals surface area contributed by atoms with Crippen LogP contribution >= 0.6 is 0 Å². The van der Waals surface area contributed by atoms with Gasteiger partial charge in [-0.1, -0.05) is 37.2 Å². The fourth-order valence-electron chi connectivity index (χ4n) is 2.94. The van der Waals surface area contributed by atoms with Crippen molar-refractivity contribution >= 4 is 5.91 Å². The summed E-state index contributed by atoms with van der Waals surface area (Å²) in [7, 11) is 0. The Bertz CT molecular complexity index is 963. The first-order chi connectivity index (χ1) is 12.8. The van der Waals surface area contributed by atoms with Crippen LogP contribution in [-0.4, -0.2) is 17.6 Å². The Morgan fingerprint density at radius 3 is 2.44 bits per heavy atom. The number of amides is 1. The number of aryl methyl sites for hydroxylation is 1. The van der Waals surface area contributed by atoms with Crippen LogP contribution in [0.3, 0.4) is 0 Å². The van der Waals surface area contributed by atoms with Crippen molar-refractivity contribution in [1.29, 1.82) is 0 Å². The van der Waals surface area contributed by atoms with Gasteiger partial charge >= 0.3 is 0 Å². The van der Waals surface area contributed by atoms with Gasteiger partial charge in [0, 0.05) is 17.5 Å². The minimum Gasteiger partial charge on any atom is -0.360 e. The number of nitrogens with zero attached hydrogens (tertiary/aromatic N) is 1. The normalized spacial score (nSPS) is 11.4. The van der Waals surface area contributed by atoms with E-state index in [1.165, 1.54) is 30.3 Å². The zero-order valence-electron chi connectivity index (χ0n) is 15.3. The summed E-state index contributed by atoms with van der Waals surface area (Å²) in [5.74, 6) is -0.713. The van der Waals surface area contributed by atoms with Crippen molar-refractivity contribution in [1.82, 2.24) is 10.5 Å². The summed E-state index contributed by atoms with van der Waals surface area (Å²) < 4.78 is 32.4. The molecular formula is C21H20F2N2O2. The zero-order valence-corrected chi connectivity index (χ0v) is 15.3. The third kappa shape index (κ3) is 3.89. The molecule has 0 atom stereocenters. The van der Waals surface area contributed by atoms with Gasteiger partial charge in [0.25, 0.3) is 5.91 Å². The van der Waals surface area contributed by atoms with Crippen LogP contribution in [0.2, 0.25) is 0 Å². The average molecular weight is 370 g/mol. The number of hydrogen-bond donors (Lipinski definition) is 1. The molecule has 0 saturated carbocycles. The van der Waals surface area contributed by atoms with Gasteiger partial charge in [-0.3, -0.25) is 4.79 Å². The highest BCUT2D eigenvalue weighted by molar-refractivity contribution is 6.00. The van der Waals surface area contributed by atoms with Crippen molar-refractivity contribution in [2.45, 2.75) is 26.2 Å². The molecule has 0 spiro atoms. The first kappa shape index (κ1) is 18.8. The molecule has 2 aromatic carbocycles. The van der Waals surface area contributed by atoms with Crippen LogP contribution in [0.15, 0.2) is 53.1 Å². The maximum absolute atomic E-state index is 14.1. The second kappa shape index (κ2) is 7.31. The number of aromatic nitrogens is 1. The van der Waals surface area contributed by atoms with Gasteiger partial charge in [-0.2, -0.15) is 0 Å². The van der Waals surface area contributed by atoms with E-state index in [1.54, 1.807) is 25.1 Å². The lowest BCUT2D eigenvalue weighted by Gasteiger charge is -2.26. The third-order valence-electron chi connectivity index (χ3n) is 4.50. The molecule has 0 bridgehead atoms. The molecular weight excluding hydrogens is 350 g/mol. The highest BCUT2D eigenvalue weighted by atomic mass is 19.1. The topological polar surface area (TPSA) is 55.1 Å². The lowest BCUT2D eigenvalue weighted by atomic mass is 9.84. The quantitative estimate of drug-likeness (QED) is 0.712. The highest BCUT2D eigenvalue weighted by Gasteiger charge is 2.27. The Labute approximate surface area is 156 Å². The van der Waals surface area contributed by atoms with Gasteiger partial charge in [-0.15, -0.1) is 0 Å². The second-order valence-electron chi connectivity index (χ2n) is 7.02. The molecule has 1 heterocycles. The van der Waals surface area contributed by atoms with E-state index in [2.05, 4.69) is 10.5 Å². The van der Waals surface area contributed by atoms with Gasteiger partial charge in [-0.05, 0) is 42.8 Å². The van der Waals surface area contributed by atoms with Crippen molar-refractivity contribution in [3.05, 3.63) is 77.1 Å². The van der Waals surface area contributed by atoms with Gasteiger partial charge in [0.1, 0.15) is 28.7 Å². The number of benzene rings is 2. The number of carbonyl (C=O) groups excluding carboxylic acids is 1. The molecule has 3 aromatic rings. The molecule has 6 heteroatoms. The van der Waals surface area contributed by atoms with E-state index in [1.807, 2.05) is 13.8 Å². The molecule has 0 aliphatic carbocycles. The Morgan fingerprint density at radius 2 is 1.78 bits per heavy atom. The summed E-state index contributed by atoms with van der Waals surface area (Å²) in [6.45, 7) is 5.57. The molecule has 1 aromatic heterocycles. The van der Waals surface area contributed by atoms with Crippen LogP contribution in [0.25, 0.3) is 11.3 Å². The third-order valence-corrected chi connectivity index (χ3v) is 4.50. The number of hydrogen-bond acceptors (Lipinski definition) is 3. The van der Waals surface area contributed by atoms with Crippen molar-refractivity contribution in [2.75, 3.05) is 6.54 Å². The van der Waals surface area contributed by atoms with Crippen LogP contribution in [0.4, 0.5) is 8.78 Å². The highest BCUT2D eigenvalue weighted by Crippen LogP contribution is 2.27. The molecule has 0 fully saturated rings. The number of nitrogens with one attached hydrogen (secondary N) is 1. The molecule has 1 amide bonds. The second-order valence-corrected chi connectivity index (χ2v) is 7.02. The van der Waals surface area contributed by atoms with E-state index in [0.29, 0.717) is 22.6 Å². The first-order valence-corrected chi connectivity index (χ1v) is 8.55. The summed E-state index contributed by atoms with van der Waals surface area (Å²) in [4.78, 5) is 12.8. The maximum Gasteiger partial charge on any atom is 0.257 e. The van der Waals surface area contributed by atoms with Gasteiger partial charge < -0.3 is 9.84 Å². The SMILES string of the molecule is Cc1onc(-c2ccc(F)cc2)c1C(=O)NCC(C)(C)c1ccccc1F. The van der Waals surface area contributed by atoms with Gasteiger partial charge in [0.05, 0.1) is 0 Å². The number of halogens is 2. The lowest BCUT2D eigenvalue weighted by Crippen LogP contribution is -2.37. The number of carbonyl (C=O) groups is 1. The molecule has 0 aliphatic rings. The summed E-state index contributed by atoms with van der Waals surface area (Å²) >= 11 is 0. The van der Waals surface area contributed by atoms with E-state index in [4.69, 9.17) is 4.52 Å². The molecule has 0 aliphatic heterocycles. The summed E-state index contributed by atoms with van der Waals surface area (Å²) in [6.07, 6.45) is 0. The van der Waals surface area contributed by atoms with Crippen LogP contribution in [0.1, 0.15) is 35.5 Å². The molecule has 27 heavy (non-hydrogen) atoms. The smallest absolute Gasteiger partial charge is 0.257 e. The van der Waals surface area contributed by atoms with E-state index in [-0.39, 0.29) is 29.6 Å². The number of rotatable bonds is 5. The van der Waals surface area contributed by atoms with E-state index >= 15 is 0 Å². The minimum absolute atomic E-state index is 0.222. The van der Waals surface area contributed by atoms with Gasteiger partial charge in [-0.25, -0.2) is 8.78 Å². The standard InChI is InChI=1S/C21H20F2N2O2/c1-13-18(19(25-27-13)14-8-10-15(22)11-9-14)20(26)24-12-21(2,3)16-6-4-5-7-17(16)23/h4-11H,12H2,1-3H3,(H,24,26). The van der Waals surface area contributed by atoms with Crippen molar-refractivity contribution < 1.29 is 18.1 Å². The Morgan fingerprint density at radius 1 is 1.11 bits per heavy atom. The van der Waals surface area contributed by atoms with Crippen LogP contribution in [-0.2, 0) is 5.41 Å². The molecule has 0 saturated heterocycles. The van der Waals surface area contributed by atoms with Crippen LogP contribution < -0.4 is 5.32 Å². The van der Waals surface area contributed by atoms with E-state index in [9.17, 15) is 13.6 Å². The summed E-state index contributed by atoms with van der Waals surface area (Å²) in [6, 6.07) is 12.2. The summed E-state index contributed by atoms with van der Waals surface area (Å²) in [5, 5.41) is 6.77. The fourth-order valence-corrected chi connectivity index (χ4v) is 2.94. The van der Waals surface area contributed by atoms with Crippen LogP contribution in [0.5, 0.6) is 0 Å². The Balaban J connectivity index is 1.82. The molecule has 3 rings (SSSR count). The molecule has 140 valence electrons. The zero-order chi connectivity index (χ0) is 19.6. The first-order valence-electron chi connectivity index (χ1n) is 8.55. The van der Waals surface area contributed by atoms with Gasteiger partial charge in [0.2, 0.25) is 0 Å².